The maximum Gasteiger partial charge on any atom is 0.287 e. The van der Waals surface area contributed by atoms with Crippen molar-refractivity contribution in [3.63, 3.8) is 0 Å². The van der Waals surface area contributed by atoms with Gasteiger partial charge < -0.3 is 20.1 Å². The van der Waals surface area contributed by atoms with Gasteiger partial charge in [-0.05, 0) is 48.2 Å². The first-order chi connectivity index (χ1) is 18.2. The van der Waals surface area contributed by atoms with E-state index in [1.54, 1.807) is 6.07 Å². The Labute approximate surface area is 226 Å². The van der Waals surface area contributed by atoms with E-state index in [2.05, 4.69) is 22.0 Å². The molecule has 0 atom stereocenters. The van der Waals surface area contributed by atoms with Gasteiger partial charge in [-0.3, -0.25) is 25.4 Å². The Morgan fingerprint density at radius 1 is 1.08 bits per heavy atom. The molecule has 1 heterocycles. The second-order valence-corrected chi connectivity index (χ2v) is 9.93. The van der Waals surface area contributed by atoms with Crippen molar-refractivity contribution in [1.29, 1.82) is 10.8 Å². The minimum absolute atomic E-state index is 0.0799. The number of likely N-dealkylation sites (N-methyl/N-ethyl adjacent to an activating group) is 1. The third-order valence-electron chi connectivity index (χ3n) is 6.94. The number of phenols is 1. The summed E-state index contributed by atoms with van der Waals surface area (Å²) in [7, 11) is 1.54. The van der Waals surface area contributed by atoms with Crippen molar-refractivity contribution >= 4 is 23.3 Å². The zero-order valence-corrected chi connectivity index (χ0v) is 23.3. The van der Waals surface area contributed by atoms with Crippen molar-refractivity contribution in [3.8, 4) is 11.5 Å². The third-order valence-corrected chi connectivity index (χ3v) is 6.94. The maximum absolute atomic E-state index is 12.8. The Morgan fingerprint density at radius 3 is 2.26 bits per heavy atom. The number of nitrogens with zero attached hydrogens (tertiary/aromatic N) is 3. The molecule has 9 nitrogen and oxygen atoms in total. The van der Waals surface area contributed by atoms with Gasteiger partial charge in [0, 0.05) is 51.0 Å². The van der Waals surface area contributed by atoms with Crippen LogP contribution in [0, 0.1) is 10.8 Å². The quantitative estimate of drug-likeness (QED) is 0.292. The first-order valence-corrected chi connectivity index (χ1v) is 13.4. The van der Waals surface area contributed by atoms with E-state index >= 15 is 0 Å². The number of nitrogens with one attached hydrogen (secondary N) is 3. The minimum Gasteiger partial charge on any atom is -0.507 e. The molecule has 1 aliphatic rings. The van der Waals surface area contributed by atoms with Gasteiger partial charge in [-0.15, -0.1) is 0 Å². The van der Waals surface area contributed by atoms with Crippen LogP contribution in [0.4, 0.5) is 5.69 Å². The highest BCUT2D eigenvalue weighted by Crippen LogP contribution is 2.34. The molecule has 0 bridgehead atoms. The molecular formula is C29H42N6O3. The van der Waals surface area contributed by atoms with E-state index in [-0.39, 0.29) is 28.9 Å². The summed E-state index contributed by atoms with van der Waals surface area (Å²) in [5.41, 5.74) is 2.68. The van der Waals surface area contributed by atoms with Crippen LogP contribution >= 0.6 is 0 Å². The van der Waals surface area contributed by atoms with Crippen LogP contribution in [0.1, 0.15) is 56.7 Å². The number of carbonyl (C=O) groups excluding carboxylic acids is 1. The van der Waals surface area contributed by atoms with E-state index in [1.165, 1.54) is 18.1 Å². The molecule has 9 heteroatoms. The second-order valence-electron chi connectivity index (χ2n) is 9.93. The fourth-order valence-corrected chi connectivity index (χ4v) is 4.59. The van der Waals surface area contributed by atoms with E-state index < -0.39 is 5.91 Å². The van der Waals surface area contributed by atoms with Crippen molar-refractivity contribution in [2.24, 2.45) is 0 Å². The molecule has 2 aromatic rings. The summed E-state index contributed by atoms with van der Waals surface area (Å²) >= 11 is 0. The first-order valence-electron chi connectivity index (χ1n) is 13.4. The molecule has 0 aromatic heterocycles. The number of rotatable bonds is 9. The number of carbonyl (C=O) groups is 1. The van der Waals surface area contributed by atoms with Crippen LogP contribution in [-0.2, 0) is 11.3 Å². The first kappa shape index (κ1) is 29.1. The predicted octanol–water partition coefficient (Wildman–Crippen LogP) is 4.00. The van der Waals surface area contributed by atoms with E-state index in [9.17, 15) is 9.90 Å². The lowest BCUT2D eigenvalue weighted by Gasteiger charge is -2.34. The summed E-state index contributed by atoms with van der Waals surface area (Å²) in [6, 6.07) is 10.8. The second kappa shape index (κ2) is 13.4. The van der Waals surface area contributed by atoms with Gasteiger partial charge >= 0.3 is 0 Å². The number of anilines is 1. The molecule has 1 saturated heterocycles. The number of methoxy groups -OCH3 is 1. The van der Waals surface area contributed by atoms with Gasteiger partial charge in [0.25, 0.3) is 5.91 Å². The lowest BCUT2D eigenvalue weighted by molar-refractivity contribution is -0.114. The van der Waals surface area contributed by atoms with Crippen LogP contribution in [0.3, 0.4) is 0 Å². The molecule has 38 heavy (non-hydrogen) atoms. The lowest BCUT2D eigenvalue weighted by Crippen LogP contribution is -2.46. The monoisotopic (exact) mass is 522 g/mol. The number of hydrogen-bond acceptors (Lipinski definition) is 7. The van der Waals surface area contributed by atoms with Gasteiger partial charge in [-0.2, -0.15) is 0 Å². The maximum atomic E-state index is 12.8. The van der Waals surface area contributed by atoms with E-state index in [1.807, 2.05) is 45.0 Å². The molecule has 1 fully saturated rings. The third kappa shape index (κ3) is 6.90. The molecule has 0 unspecified atom stereocenters. The van der Waals surface area contributed by atoms with Crippen LogP contribution in [0.5, 0.6) is 11.5 Å². The van der Waals surface area contributed by atoms with Gasteiger partial charge in [-0.25, -0.2) is 0 Å². The number of hydrogen-bond donors (Lipinski definition) is 4. The van der Waals surface area contributed by atoms with Crippen LogP contribution in [0.2, 0.25) is 0 Å². The molecule has 0 spiro atoms. The summed E-state index contributed by atoms with van der Waals surface area (Å²) < 4.78 is 5.43. The van der Waals surface area contributed by atoms with Crippen molar-refractivity contribution in [2.75, 3.05) is 51.3 Å². The number of phenolic OH excluding ortho intramolecular Hbond substituents is 1. The van der Waals surface area contributed by atoms with Crippen molar-refractivity contribution in [3.05, 3.63) is 53.1 Å². The van der Waals surface area contributed by atoms with Crippen molar-refractivity contribution < 1.29 is 14.6 Å². The minimum atomic E-state index is -0.577. The number of amides is 1. The highest BCUT2D eigenvalue weighted by Gasteiger charge is 2.27. The van der Waals surface area contributed by atoms with Gasteiger partial charge in [0.2, 0.25) is 0 Å². The van der Waals surface area contributed by atoms with Crippen LogP contribution < -0.4 is 15.0 Å². The van der Waals surface area contributed by atoms with Gasteiger partial charge in [-0.1, -0.05) is 39.8 Å². The Kier molecular flexibility index (Phi) is 10.3. The normalized spacial score (nSPS) is 14.4. The summed E-state index contributed by atoms with van der Waals surface area (Å²) in [5.74, 6) is -0.658. The fourth-order valence-electron chi connectivity index (χ4n) is 4.59. The van der Waals surface area contributed by atoms with Crippen molar-refractivity contribution in [2.45, 2.75) is 46.6 Å². The molecule has 1 amide bonds. The Balaban J connectivity index is 1.92. The summed E-state index contributed by atoms with van der Waals surface area (Å²) in [6.07, 6.45) is 0.731. The fraction of sp³-hybridized carbons (Fsp3) is 0.483. The van der Waals surface area contributed by atoms with Crippen LogP contribution in [0.15, 0.2) is 36.4 Å². The van der Waals surface area contributed by atoms with Crippen LogP contribution in [-0.4, -0.2) is 78.9 Å². The van der Waals surface area contributed by atoms with E-state index in [0.29, 0.717) is 18.0 Å². The average Bonchev–Trinajstić information content (AvgIpc) is 2.92. The molecule has 0 aliphatic carbocycles. The van der Waals surface area contributed by atoms with Crippen molar-refractivity contribution in [1.82, 2.24) is 15.1 Å². The number of ether oxygens (including phenoxy) is 1. The smallest absolute Gasteiger partial charge is 0.287 e. The molecule has 3 rings (SSSR count). The standard InChI is InChI=1S/C29H42N6O3/c1-6-12-32-29(37)28(31)35(27(30)24-17-23(20(3)4)26(38-5)18-25(24)36)22-10-8-21(9-11-22)19-34-15-13-33(7-2)14-16-34/h8-11,17-18,20,30-31,36H,6-7,12-16,19H2,1-5H3,(H,32,37). The van der Waals surface area contributed by atoms with Gasteiger partial charge in [0.05, 0.1) is 12.7 Å². The summed E-state index contributed by atoms with van der Waals surface area (Å²) in [6.45, 7) is 14.6. The van der Waals surface area contributed by atoms with E-state index in [4.69, 9.17) is 15.6 Å². The number of aromatic hydroxyl groups is 1. The average molecular weight is 523 g/mol. The summed E-state index contributed by atoms with van der Waals surface area (Å²) in [4.78, 5) is 19.0. The highest BCUT2D eigenvalue weighted by atomic mass is 16.5. The lowest BCUT2D eigenvalue weighted by atomic mass is 9.97. The van der Waals surface area contributed by atoms with Gasteiger partial charge in [0.1, 0.15) is 17.3 Å². The topological polar surface area (TPSA) is 116 Å². The molecule has 4 N–H and O–H groups in total. The predicted molar refractivity (Wildman–Crippen MR) is 153 cm³/mol. The molecular weight excluding hydrogens is 480 g/mol. The number of benzene rings is 2. The molecule has 2 aromatic carbocycles. The van der Waals surface area contributed by atoms with Gasteiger partial charge in [0.15, 0.2) is 5.84 Å². The Hall–Kier alpha value is -3.43. The molecule has 1 aliphatic heterocycles. The number of amidine groups is 2. The zero-order chi connectivity index (χ0) is 27.8. The Bertz CT molecular complexity index is 1120. The molecule has 0 radical (unpaired) electrons. The summed E-state index contributed by atoms with van der Waals surface area (Å²) in [5, 5.41) is 31.2. The highest BCUT2D eigenvalue weighted by molar-refractivity contribution is 6.48. The Morgan fingerprint density at radius 2 is 1.71 bits per heavy atom. The zero-order valence-electron chi connectivity index (χ0n) is 23.3. The van der Waals surface area contributed by atoms with E-state index in [0.717, 1.165) is 56.8 Å². The molecule has 0 saturated carbocycles. The SMILES string of the molecule is CCCNC(=O)C(=N)N(C(=N)c1cc(C(C)C)c(OC)cc1O)c1ccc(CN2CCN(CC)CC2)cc1. The van der Waals surface area contributed by atoms with Crippen LogP contribution in [0.25, 0.3) is 0 Å². The number of piperazine rings is 1. The molecule has 206 valence electrons. The largest absolute Gasteiger partial charge is 0.507 e.